The molecule has 5 rings (SSSR count). The number of pyridine rings is 1. The molecule has 0 aliphatic carbocycles. The van der Waals surface area contributed by atoms with Crippen LogP contribution < -0.4 is 15.1 Å². The maximum Gasteiger partial charge on any atom is 0.341 e. The van der Waals surface area contributed by atoms with E-state index in [9.17, 15) is 19.5 Å². The Kier molecular flexibility index (Phi) is 5.98. The van der Waals surface area contributed by atoms with Gasteiger partial charge in [-0.3, -0.25) is 14.5 Å². The van der Waals surface area contributed by atoms with E-state index in [1.54, 1.807) is 28.8 Å². The summed E-state index contributed by atoms with van der Waals surface area (Å²) >= 11 is 5.90. The fraction of sp³-hybridized carbons (Fsp3) is 0.320. The second kappa shape index (κ2) is 8.98. The standard InChI is InChI=1S/C25H23ClFN3O5/c1-14-13-35-24-21-17(23(32)18(25(33)34)11-30(14)21)10-19(27)22(24)29-8-6-28(7-9-29)12-20(31)15-2-4-16(26)5-3-15/h2-5,10-11,14H,6-9,12-13H2,1H3,(H,33,34)/t14-/m0/s1. The van der Waals surface area contributed by atoms with Crippen molar-refractivity contribution < 1.29 is 23.8 Å². The minimum absolute atomic E-state index is 0.0140. The fourth-order valence-corrected chi connectivity index (χ4v) is 4.84. The van der Waals surface area contributed by atoms with Crippen molar-refractivity contribution in [3.8, 4) is 5.75 Å². The molecule has 3 aromatic rings. The van der Waals surface area contributed by atoms with Crippen LogP contribution in [0.5, 0.6) is 5.75 Å². The molecule has 1 saturated heterocycles. The van der Waals surface area contributed by atoms with Gasteiger partial charge in [-0.1, -0.05) is 11.6 Å². The number of benzene rings is 2. The molecule has 0 saturated carbocycles. The average molecular weight is 500 g/mol. The normalized spacial score (nSPS) is 17.9. The summed E-state index contributed by atoms with van der Waals surface area (Å²) in [6.45, 7) is 4.30. The Morgan fingerprint density at radius 3 is 2.51 bits per heavy atom. The third-order valence-corrected chi connectivity index (χ3v) is 6.85. The molecule has 3 heterocycles. The van der Waals surface area contributed by atoms with Gasteiger partial charge in [0.25, 0.3) is 0 Å². The summed E-state index contributed by atoms with van der Waals surface area (Å²) in [7, 11) is 0. The number of halogens is 2. The number of carboxylic acid groups (broad SMARTS) is 1. The second-order valence-corrected chi connectivity index (χ2v) is 9.31. The Balaban J connectivity index is 1.42. The summed E-state index contributed by atoms with van der Waals surface area (Å²) in [5.74, 6) is -1.76. The molecule has 2 aromatic carbocycles. The van der Waals surface area contributed by atoms with Crippen LogP contribution in [-0.4, -0.2) is 65.7 Å². The van der Waals surface area contributed by atoms with Crippen molar-refractivity contribution >= 4 is 39.9 Å². The number of hydrogen-bond donors (Lipinski definition) is 1. The fourth-order valence-electron chi connectivity index (χ4n) is 4.72. The number of rotatable bonds is 5. The van der Waals surface area contributed by atoms with Gasteiger partial charge in [0.05, 0.1) is 23.5 Å². The maximum atomic E-state index is 15.4. The topological polar surface area (TPSA) is 92.1 Å². The number of aromatic carboxylic acids is 1. The van der Waals surface area contributed by atoms with Crippen molar-refractivity contribution in [1.29, 1.82) is 0 Å². The number of ether oxygens (including phenoxy) is 1. The van der Waals surface area contributed by atoms with E-state index >= 15 is 4.39 Å². The molecule has 0 radical (unpaired) electrons. The molecule has 1 N–H and O–H groups in total. The number of carboxylic acids is 1. The number of hydrogen-bond acceptors (Lipinski definition) is 6. The summed E-state index contributed by atoms with van der Waals surface area (Å²) in [4.78, 5) is 40.8. The molecule has 0 amide bonds. The van der Waals surface area contributed by atoms with Gasteiger partial charge in [0.15, 0.2) is 17.3 Å². The largest absolute Gasteiger partial charge is 0.487 e. The maximum absolute atomic E-state index is 15.4. The molecule has 0 bridgehead atoms. The molecular weight excluding hydrogens is 477 g/mol. The summed E-state index contributed by atoms with van der Waals surface area (Å²) in [6.07, 6.45) is 1.31. The van der Waals surface area contributed by atoms with Crippen LogP contribution >= 0.6 is 11.6 Å². The molecule has 10 heteroatoms. The van der Waals surface area contributed by atoms with Crippen LogP contribution in [0.3, 0.4) is 0 Å². The van der Waals surface area contributed by atoms with Crippen LogP contribution in [0.1, 0.15) is 33.7 Å². The first-order valence-corrected chi connectivity index (χ1v) is 11.7. The Labute approximate surface area is 205 Å². The molecule has 2 aliphatic heterocycles. The number of Topliss-reactive ketones (excluding diaryl/α,β-unsaturated/α-hetero) is 1. The van der Waals surface area contributed by atoms with E-state index in [2.05, 4.69) is 0 Å². The summed E-state index contributed by atoms with van der Waals surface area (Å²) in [5.41, 5.74) is 0.102. The molecule has 2 aliphatic rings. The zero-order valence-corrected chi connectivity index (χ0v) is 19.7. The highest BCUT2D eigenvalue weighted by atomic mass is 35.5. The molecule has 0 spiro atoms. The number of nitrogens with zero attached hydrogens (tertiary/aromatic N) is 3. The first-order valence-electron chi connectivity index (χ1n) is 11.3. The molecule has 0 unspecified atom stereocenters. The number of ketones is 1. The molecular formula is C25H23ClFN3O5. The highest BCUT2D eigenvalue weighted by Crippen LogP contribution is 2.42. The predicted octanol–water partition coefficient (Wildman–Crippen LogP) is 3.45. The predicted molar refractivity (Wildman–Crippen MR) is 130 cm³/mol. The number of aromatic nitrogens is 1. The highest BCUT2D eigenvalue weighted by molar-refractivity contribution is 6.30. The van der Waals surface area contributed by atoms with Gasteiger partial charge in [-0.2, -0.15) is 0 Å². The van der Waals surface area contributed by atoms with Gasteiger partial charge in [0, 0.05) is 43.0 Å². The SMILES string of the molecule is C[C@H]1COc2c(N3CCN(CC(=O)c4ccc(Cl)cc4)CC3)c(F)cc3c(=O)c(C(=O)O)cn1c23. The zero-order chi connectivity index (χ0) is 24.9. The van der Waals surface area contributed by atoms with Crippen molar-refractivity contribution in [2.45, 2.75) is 13.0 Å². The minimum atomic E-state index is -1.35. The quantitative estimate of drug-likeness (QED) is 0.537. The summed E-state index contributed by atoms with van der Waals surface area (Å²) in [5, 5.41) is 9.99. The van der Waals surface area contributed by atoms with E-state index < -0.39 is 22.8 Å². The Hall–Kier alpha value is -3.43. The molecule has 1 fully saturated rings. The van der Waals surface area contributed by atoms with Crippen molar-refractivity contribution in [3.63, 3.8) is 0 Å². The zero-order valence-electron chi connectivity index (χ0n) is 19.0. The van der Waals surface area contributed by atoms with E-state index in [1.807, 2.05) is 16.7 Å². The third kappa shape index (κ3) is 4.15. The lowest BCUT2D eigenvalue weighted by atomic mass is 10.1. The van der Waals surface area contributed by atoms with E-state index in [-0.39, 0.29) is 41.8 Å². The smallest absolute Gasteiger partial charge is 0.341 e. The van der Waals surface area contributed by atoms with Gasteiger partial charge in [-0.25, -0.2) is 9.18 Å². The first kappa shape index (κ1) is 23.3. The number of anilines is 1. The summed E-state index contributed by atoms with van der Waals surface area (Å²) < 4.78 is 23.0. The first-order chi connectivity index (χ1) is 16.7. The molecule has 8 nitrogen and oxygen atoms in total. The molecule has 182 valence electrons. The van der Waals surface area contributed by atoms with Gasteiger partial charge in [-0.05, 0) is 37.3 Å². The van der Waals surface area contributed by atoms with Gasteiger partial charge in [0.1, 0.15) is 17.9 Å². The lowest BCUT2D eigenvalue weighted by Crippen LogP contribution is -2.48. The van der Waals surface area contributed by atoms with E-state index in [1.165, 1.54) is 6.20 Å². The average Bonchev–Trinajstić information content (AvgIpc) is 2.83. The Morgan fingerprint density at radius 2 is 1.86 bits per heavy atom. The molecule has 35 heavy (non-hydrogen) atoms. The minimum Gasteiger partial charge on any atom is -0.487 e. The van der Waals surface area contributed by atoms with Gasteiger partial charge in [-0.15, -0.1) is 0 Å². The summed E-state index contributed by atoms with van der Waals surface area (Å²) in [6, 6.07) is 7.64. The van der Waals surface area contributed by atoms with Gasteiger partial charge in [0.2, 0.25) is 5.43 Å². The monoisotopic (exact) mass is 499 g/mol. The third-order valence-electron chi connectivity index (χ3n) is 6.59. The van der Waals surface area contributed by atoms with Crippen LogP contribution in [0.25, 0.3) is 10.9 Å². The highest BCUT2D eigenvalue weighted by Gasteiger charge is 2.31. The van der Waals surface area contributed by atoms with Gasteiger partial charge < -0.3 is 19.3 Å². The lowest BCUT2D eigenvalue weighted by Gasteiger charge is -2.38. The van der Waals surface area contributed by atoms with E-state index in [0.717, 1.165) is 6.07 Å². The van der Waals surface area contributed by atoms with Crippen molar-refractivity contribution in [2.24, 2.45) is 0 Å². The Morgan fingerprint density at radius 1 is 1.17 bits per heavy atom. The number of piperazine rings is 1. The van der Waals surface area contributed by atoms with Crippen LogP contribution in [0.4, 0.5) is 10.1 Å². The van der Waals surface area contributed by atoms with Crippen molar-refractivity contribution in [3.05, 3.63) is 68.7 Å². The second-order valence-electron chi connectivity index (χ2n) is 8.87. The van der Waals surface area contributed by atoms with Crippen LogP contribution in [0.2, 0.25) is 5.02 Å². The van der Waals surface area contributed by atoms with Crippen molar-refractivity contribution in [2.75, 3.05) is 44.2 Å². The molecule has 1 aromatic heterocycles. The van der Waals surface area contributed by atoms with Crippen molar-refractivity contribution in [1.82, 2.24) is 9.47 Å². The number of carbonyl (C=O) groups excluding carboxylic acids is 1. The van der Waals surface area contributed by atoms with Crippen LogP contribution in [0.15, 0.2) is 41.3 Å². The number of carbonyl (C=O) groups is 2. The lowest BCUT2D eigenvalue weighted by molar-refractivity contribution is 0.0694. The molecule has 1 atom stereocenters. The van der Waals surface area contributed by atoms with Crippen LogP contribution in [-0.2, 0) is 0 Å². The van der Waals surface area contributed by atoms with Gasteiger partial charge >= 0.3 is 5.97 Å². The van der Waals surface area contributed by atoms with E-state index in [4.69, 9.17) is 16.3 Å². The van der Waals surface area contributed by atoms with Crippen LogP contribution in [0, 0.1) is 5.82 Å². The van der Waals surface area contributed by atoms with E-state index in [0.29, 0.717) is 42.3 Å². The Bertz CT molecular complexity index is 1400.